The summed E-state index contributed by atoms with van der Waals surface area (Å²) in [5, 5.41) is 8.93. The number of hydrogen-bond donors (Lipinski definition) is 3. The highest BCUT2D eigenvalue weighted by Gasteiger charge is 2.25. The van der Waals surface area contributed by atoms with Gasteiger partial charge in [-0.05, 0) is 76.0 Å². The van der Waals surface area contributed by atoms with E-state index >= 15 is 0 Å². The molecule has 0 aliphatic rings. The number of hydrogen-bond acceptors (Lipinski definition) is 9. The molecule has 0 saturated carbocycles. The van der Waals surface area contributed by atoms with E-state index < -0.39 is 6.04 Å². The molecule has 0 aromatic heterocycles. The SMILES string of the molecule is CCCCOC(=O)C(NC(=O)CCCCCCCSCCCCCC(=O)NCCCOCCOCCOCCCNC)C(C)C. The normalized spacial score (nSPS) is 11.9. The van der Waals surface area contributed by atoms with Gasteiger partial charge in [0.1, 0.15) is 6.04 Å². The number of rotatable bonds is 34. The number of ether oxygens (including phenoxy) is 4. The third-order valence-corrected chi connectivity index (χ3v) is 8.27. The molecule has 2 amide bonds. The molecule has 0 spiro atoms. The number of amides is 2. The van der Waals surface area contributed by atoms with Crippen molar-refractivity contribution < 1.29 is 33.3 Å². The van der Waals surface area contributed by atoms with Crippen LogP contribution in [0.5, 0.6) is 0 Å². The summed E-state index contributed by atoms with van der Waals surface area (Å²) >= 11 is 1.99. The lowest BCUT2D eigenvalue weighted by Crippen LogP contribution is -2.45. The molecule has 0 rings (SSSR count). The first-order valence-electron chi connectivity index (χ1n) is 17.6. The van der Waals surface area contributed by atoms with Gasteiger partial charge in [0.2, 0.25) is 11.8 Å². The van der Waals surface area contributed by atoms with Gasteiger partial charge >= 0.3 is 5.97 Å². The maximum atomic E-state index is 12.3. The van der Waals surface area contributed by atoms with Crippen LogP contribution >= 0.6 is 11.8 Å². The van der Waals surface area contributed by atoms with Gasteiger partial charge in [-0.1, -0.05) is 52.9 Å². The monoisotopic (exact) mass is 661 g/mol. The zero-order valence-electron chi connectivity index (χ0n) is 29.1. The van der Waals surface area contributed by atoms with Gasteiger partial charge in [0.15, 0.2) is 0 Å². The Labute approximate surface area is 278 Å². The summed E-state index contributed by atoms with van der Waals surface area (Å²) in [4.78, 5) is 36.5. The van der Waals surface area contributed by atoms with E-state index in [1.54, 1.807) is 0 Å². The van der Waals surface area contributed by atoms with E-state index in [1.807, 2.05) is 32.7 Å². The van der Waals surface area contributed by atoms with Gasteiger partial charge < -0.3 is 34.9 Å². The van der Waals surface area contributed by atoms with Crippen molar-refractivity contribution in [2.24, 2.45) is 5.92 Å². The van der Waals surface area contributed by atoms with Crippen molar-refractivity contribution in [3.8, 4) is 0 Å². The van der Waals surface area contributed by atoms with Crippen LogP contribution in [0.2, 0.25) is 0 Å². The van der Waals surface area contributed by atoms with E-state index in [9.17, 15) is 14.4 Å². The average Bonchev–Trinajstić information content (AvgIpc) is 3.02. The van der Waals surface area contributed by atoms with E-state index in [4.69, 9.17) is 18.9 Å². The number of carbonyl (C=O) groups is 3. The van der Waals surface area contributed by atoms with E-state index in [-0.39, 0.29) is 23.7 Å². The van der Waals surface area contributed by atoms with Crippen LogP contribution in [0.3, 0.4) is 0 Å². The second-order valence-corrected chi connectivity index (χ2v) is 13.0. The van der Waals surface area contributed by atoms with Crippen LogP contribution in [-0.2, 0) is 33.3 Å². The van der Waals surface area contributed by atoms with Gasteiger partial charge in [-0.25, -0.2) is 4.79 Å². The highest BCUT2D eigenvalue weighted by Crippen LogP contribution is 2.13. The molecule has 0 aromatic carbocycles. The van der Waals surface area contributed by atoms with E-state index in [1.165, 1.54) is 12.8 Å². The molecule has 0 saturated heterocycles. The van der Waals surface area contributed by atoms with Crippen LogP contribution < -0.4 is 16.0 Å². The summed E-state index contributed by atoms with van der Waals surface area (Å²) in [7, 11) is 1.93. The lowest BCUT2D eigenvalue weighted by atomic mass is 10.0. The van der Waals surface area contributed by atoms with Crippen molar-refractivity contribution >= 4 is 29.5 Å². The smallest absolute Gasteiger partial charge is 0.328 e. The van der Waals surface area contributed by atoms with E-state index in [2.05, 4.69) is 22.9 Å². The van der Waals surface area contributed by atoms with Crippen molar-refractivity contribution in [3.05, 3.63) is 0 Å². The molecule has 0 bridgehead atoms. The molecule has 1 unspecified atom stereocenters. The molecular weight excluding hydrogens is 594 g/mol. The van der Waals surface area contributed by atoms with Crippen molar-refractivity contribution in [1.82, 2.24) is 16.0 Å². The third kappa shape index (κ3) is 31.0. The Balaban J connectivity index is 3.44. The lowest BCUT2D eigenvalue weighted by Gasteiger charge is -2.20. The number of thioether (sulfide) groups is 1. The summed E-state index contributed by atoms with van der Waals surface area (Å²) in [6.45, 7) is 11.6. The van der Waals surface area contributed by atoms with Crippen molar-refractivity contribution in [2.45, 2.75) is 117 Å². The predicted molar refractivity (Wildman–Crippen MR) is 185 cm³/mol. The molecule has 3 N–H and O–H groups in total. The van der Waals surface area contributed by atoms with Crippen LogP contribution in [0.1, 0.15) is 111 Å². The van der Waals surface area contributed by atoms with Crippen LogP contribution in [0.15, 0.2) is 0 Å². The fourth-order valence-electron chi connectivity index (χ4n) is 4.32. The molecule has 0 aliphatic carbocycles. The summed E-state index contributed by atoms with van der Waals surface area (Å²) in [5.41, 5.74) is 0. The second kappa shape index (κ2) is 33.9. The first kappa shape index (κ1) is 43.6. The van der Waals surface area contributed by atoms with E-state index in [0.717, 1.165) is 88.9 Å². The molecule has 266 valence electrons. The van der Waals surface area contributed by atoms with E-state index in [0.29, 0.717) is 59.0 Å². The Morgan fingerprint density at radius 3 is 1.76 bits per heavy atom. The van der Waals surface area contributed by atoms with Gasteiger partial charge in [-0.15, -0.1) is 0 Å². The largest absolute Gasteiger partial charge is 0.464 e. The molecule has 0 aliphatic heterocycles. The standard InChI is InChI=1S/C34H67N3O7S/c1-5-6-23-44-34(40)33(30(2)3)37-32(39)18-11-8-7-9-13-28-45-29-14-10-12-17-31(38)36-20-16-22-42-25-27-43-26-24-41-21-15-19-35-4/h30,33,35H,5-29H2,1-4H3,(H,36,38)(H,37,39). The minimum Gasteiger partial charge on any atom is -0.464 e. The molecule has 11 heteroatoms. The van der Waals surface area contributed by atoms with Crippen LogP contribution in [0.4, 0.5) is 0 Å². The minimum atomic E-state index is -0.564. The average molecular weight is 662 g/mol. The molecule has 45 heavy (non-hydrogen) atoms. The quantitative estimate of drug-likeness (QED) is 0.0625. The highest BCUT2D eigenvalue weighted by atomic mass is 32.2. The Hall–Kier alpha value is -1.40. The molecule has 0 fully saturated rings. The van der Waals surface area contributed by atoms with Gasteiger partial charge in [0.25, 0.3) is 0 Å². The number of carbonyl (C=O) groups excluding carboxylic acids is 3. The second-order valence-electron chi connectivity index (χ2n) is 11.7. The molecule has 0 radical (unpaired) electrons. The van der Waals surface area contributed by atoms with Gasteiger partial charge in [-0.2, -0.15) is 11.8 Å². The van der Waals surface area contributed by atoms with Crippen molar-refractivity contribution in [2.75, 3.05) is 77.9 Å². The van der Waals surface area contributed by atoms with Crippen LogP contribution in [0.25, 0.3) is 0 Å². The third-order valence-electron chi connectivity index (χ3n) is 7.11. The fourth-order valence-corrected chi connectivity index (χ4v) is 5.34. The van der Waals surface area contributed by atoms with Gasteiger partial charge in [0, 0.05) is 32.6 Å². The zero-order chi connectivity index (χ0) is 33.2. The molecule has 0 aromatic rings. The minimum absolute atomic E-state index is 0.00731. The van der Waals surface area contributed by atoms with Crippen molar-refractivity contribution in [3.63, 3.8) is 0 Å². The maximum Gasteiger partial charge on any atom is 0.328 e. The molecule has 1 atom stereocenters. The summed E-state index contributed by atoms with van der Waals surface area (Å²) in [6.07, 6.45) is 13.2. The number of esters is 1. The predicted octanol–water partition coefficient (Wildman–Crippen LogP) is 5.27. The van der Waals surface area contributed by atoms with Gasteiger partial charge in [-0.3, -0.25) is 9.59 Å². The highest BCUT2D eigenvalue weighted by molar-refractivity contribution is 7.99. The summed E-state index contributed by atoms with van der Waals surface area (Å²) in [5.74, 6) is 2.05. The Morgan fingerprint density at radius 1 is 0.622 bits per heavy atom. The van der Waals surface area contributed by atoms with Crippen LogP contribution in [0, 0.1) is 5.92 Å². The molecule has 10 nitrogen and oxygen atoms in total. The molecular formula is C34H67N3O7S. The maximum absolute atomic E-state index is 12.3. The Kier molecular flexibility index (Phi) is 32.9. The first-order valence-corrected chi connectivity index (χ1v) is 18.8. The fraction of sp³-hybridized carbons (Fsp3) is 0.912. The van der Waals surface area contributed by atoms with Gasteiger partial charge in [0.05, 0.1) is 33.0 Å². The lowest BCUT2D eigenvalue weighted by molar-refractivity contribution is -0.149. The Bertz CT molecular complexity index is 701. The van der Waals surface area contributed by atoms with Crippen molar-refractivity contribution in [1.29, 1.82) is 0 Å². The topological polar surface area (TPSA) is 124 Å². The summed E-state index contributed by atoms with van der Waals surface area (Å²) < 4.78 is 21.8. The Morgan fingerprint density at radius 2 is 1.16 bits per heavy atom. The van der Waals surface area contributed by atoms with Crippen LogP contribution in [-0.4, -0.2) is 102 Å². The zero-order valence-corrected chi connectivity index (χ0v) is 29.9. The molecule has 0 heterocycles. The number of nitrogens with one attached hydrogen (secondary N) is 3. The number of unbranched alkanes of at least 4 members (excludes halogenated alkanes) is 7. The summed E-state index contributed by atoms with van der Waals surface area (Å²) in [6, 6.07) is -0.564. The first-order chi connectivity index (χ1) is 21.9.